The number of unbranched alkanes of at least 4 members (excludes halogenated alkanes) is 1. The molecule has 0 aliphatic carbocycles. The van der Waals surface area contributed by atoms with E-state index in [1.807, 2.05) is 36.4 Å². The summed E-state index contributed by atoms with van der Waals surface area (Å²) in [4.78, 5) is 12.6. The number of aryl methyl sites for hydroxylation is 1. The molecule has 0 atom stereocenters. The molecule has 0 unspecified atom stereocenters. The van der Waals surface area contributed by atoms with Gasteiger partial charge in [-0.05, 0) is 77.1 Å². The number of hydrogen-bond acceptors (Lipinski definition) is 3. The predicted molar refractivity (Wildman–Crippen MR) is 132 cm³/mol. The molecule has 0 fully saturated rings. The summed E-state index contributed by atoms with van der Waals surface area (Å²) in [5.41, 5.74) is 6.68. The zero-order valence-corrected chi connectivity index (χ0v) is 18.6. The summed E-state index contributed by atoms with van der Waals surface area (Å²) in [6.45, 7) is 2.20. The van der Waals surface area contributed by atoms with Crippen molar-refractivity contribution >= 4 is 5.97 Å². The minimum absolute atomic E-state index is 0.386. The van der Waals surface area contributed by atoms with Gasteiger partial charge in [0.2, 0.25) is 0 Å². The van der Waals surface area contributed by atoms with Crippen LogP contribution in [0.3, 0.4) is 0 Å². The van der Waals surface area contributed by atoms with E-state index in [1.54, 1.807) is 36.4 Å². The van der Waals surface area contributed by atoms with Crippen molar-refractivity contribution in [2.75, 3.05) is 0 Å². The quantitative estimate of drug-likeness (QED) is 0.225. The van der Waals surface area contributed by atoms with Crippen LogP contribution in [0.4, 0.5) is 0 Å². The van der Waals surface area contributed by atoms with Crippen LogP contribution in [0.15, 0.2) is 97.1 Å². The predicted octanol–water partition coefficient (Wildman–Crippen LogP) is 7.45. The van der Waals surface area contributed by atoms with Gasteiger partial charge in [-0.25, -0.2) is 4.79 Å². The Labute approximate surface area is 194 Å². The summed E-state index contributed by atoms with van der Waals surface area (Å²) in [5, 5.41) is 8.92. The van der Waals surface area contributed by atoms with E-state index in [4.69, 9.17) is 10.00 Å². The number of rotatable bonds is 7. The Hall–Kier alpha value is -4.16. The molecule has 4 aromatic carbocycles. The van der Waals surface area contributed by atoms with Crippen molar-refractivity contribution in [3.05, 3.63) is 114 Å². The second-order valence-electron chi connectivity index (χ2n) is 7.98. The van der Waals surface area contributed by atoms with Crippen molar-refractivity contribution in [1.82, 2.24) is 0 Å². The lowest BCUT2D eigenvalue weighted by molar-refractivity contribution is 0.0735. The highest BCUT2D eigenvalue weighted by Crippen LogP contribution is 2.24. The largest absolute Gasteiger partial charge is 0.423 e. The van der Waals surface area contributed by atoms with Gasteiger partial charge in [0.15, 0.2) is 0 Å². The Morgan fingerprint density at radius 2 is 1.21 bits per heavy atom. The van der Waals surface area contributed by atoms with Gasteiger partial charge in [-0.15, -0.1) is 0 Å². The SMILES string of the molecule is CCCCc1ccc(-c2ccc(C(=O)Oc3ccc(-c4ccc(C#N)cc4)cc3)cc2)cc1. The molecule has 0 spiro atoms. The van der Waals surface area contributed by atoms with E-state index >= 15 is 0 Å². The fourth-order valence-electron chi connectivity index (χ4n) is 3.66. The van der Waals surface area contributed by atoms with Crippen LogP contribution in [0.25, 0.3) is 22.3 Å². The highest BCUT2D eigenvalue weighted by Gasteiger charge is 2.10. The smallest absolute Gasteiger partial charge is 0.343 e. The molecule has 0 aliphatic rings. The molecule has 33 heavy (non-hydrogen) atoms. The third kappa shape index (κ3) is 5.56. The number of carbonyl (C=O) groups excluding carboxylic acids is 1. The van der Waals surface area contributed by atoms with Crippen LogP contribution in [0.5, 0.6) is 5.75 Å². The number of benzene rings is 4. The first-order chi connectivity index (χ1) is 16.2. The van der Waals surface area contributed by atoms with E-state index in [9.17, 15) is 4.79 Å². The molecule has 4 rings (SSSR count). The van der Waals surface area contributed by atoms with Crippen molar-refractivity contribution in [2.45, 2.75) is 26.2 Å². The second-order valence-corrected chi connectivity index (χ2v) is 7.98. The Morgan fingerprint density at radius 1 is 0.727 bits per heavy atom. The molecular formula is C30H25NO2. The van der Waals surface area contributed by atoms with Crippen molar-refractivity contribution < 1.29 is 9.53 Å². The first kappa shape index (κ1) is 22.0. The Bertz CT molecular complexity index is 1250. The maximum atomic E-state index is 12.6. The van der Waals surface area contributed by atoms with E-state index in [0.717, 1.165) is 28.7 Å². The van der Waals surface area contributed by atoms with E-state index in [1.165, 1.54) is 18.4 Å². The lowest BCUT2D eigenvalue weighted by atomic mass is 10.0. The minimum Gasteiger partial charge on any atom is -0.423 e. The molecule has 0 aliphatic heterocycles. The topological polar surface area (TPSA) is 50.1 Å². The molecule has 0 aromatic heterocycles. The van der Waals surface area contributed by atoms with Gasteiger partial charge in [0, 0.05) is 0 Å². The molecule has 3 heteroatoms. The van der Waals surface area contributed by atoms with Crippen LogP contribution in [0.2, 0.25) is 0 Å². The molecule has 0 bridgehead atoms. The molecule has 0 radical (unpaired) electrons. The lowest BCUT2D eigenvalue weighted by Crippen LogP contribution is -2.08. The maximum Gasteiger partial charge on any atom is 0.343 e. The van der Waals surface area contributed by atoms with E-state index in [0.29, 0.717) is 16.9 Å². The Balaban J connectivity index is 1.39. The summed E-state index contributed by atoms with van der Waals surface area (Å²) in [5.74, 6) is 0.103. The first-order valence-electron chi connectivity index (χ1n) is 11.2. The fraction of sp³-hybridized carbons (Fsp3) is 0.133. The van der Waals surface area contributed by atoms with Gasteiger partial charge in [-0.2, -0.15) is 5.26 Å². The molecular weight excluding hydrogens is 406 g/mol. The molecule has 4 aromatic rings. The summed E-state index contributed by atoms with van der Waals surface area (Å²) < 4.78 is 5.54. The average Bonchev–Trinajstić information content (AvgIpc) is 2.88. The molecule has 0 amide bonds. The highest BCUT2D eigenvalue weighted by molar-refractivity contribution is 5.91. The van der Waals surface area contributed by atoms with E-state index < -0.39 is 0 Å². The van der Waals surface area contributed by atoms with Crippen LogP contribution in [-0.4, -0.2) is 5.97 Å². The van der Waals surface area contributed by atoms with Gasteiger partial charge in [-0.3, -0.25) is 0 Å². The third-order valence-electron chi connectivity index (χ3n) is 5.64. The van der Waals surface area contributed by atoms with Crippen molar-refractivity contribution in [1.29, 1.82) is 5.26 Å². The first-order valence-corrected chi connectivity index (χ1v) is 11.2. The summed E-state index contributed by atoms with van der Waals surface area (Å²) in [6, 6.07) is 33.0. The van der Waals surface area contributed by atoms with Crippen molar-refractivity contribution in [3.63, 3.8) is 0 Å². The molecule has 162 valence electrons. The van der Waals surface area contributed by atoms with Crippen LogP contribution in [-0.2, 0) is 6.42 Å². The standard InChI is InChI=1S/C30H25NO2/c1-2-3-4-22-5-9-24(10-6-22)26-13-15-28(16-14-26)30(32)33-29-19-17-27(18-20-29)25-11-7-23(21-31)8-12-25/h5-20H,2-4H2,1H3. The lowest BCUT2D eigenvalue weighted by Gasteiger charge is -2.08. The van der Waals surface area contributed by atoms with Gasteiger partial charge < -0.3 is 4.74 Å². The molecule has 0 heterocycles. The summed E-state index contributed by atoms with van der Waals surface area (Å²) in [6.07, 6.45) is 3.50. The van der Waals surface area contributed by atoms with Crippen LogP contribution in [0.1, 0.15) is 41.3 Å². The number of carbonyl (C=O) groups is 1. The highest BCUT2D eigenvalue weighted by atomic mass is 16.5. The molecule has 0 saturated heterocycles. The monoisotopic (exact) mass is 431 g/mol. The van der Waals surface area contributed by atoms with Gasteiger partial charge in [0.25, 0.3) is 0 Å². The number of hydrogen-bond donors (Lipinski definition) is 0. The van der Waals surface area contributed by atoms with Crippen LogP contribution >= 0.6 is 0 Å². The molecule has 3 nitrogen and oxygen atoms in total. The van der Waals surface area contributed by atoms with Gasteiger partial charge in [0.05, 0.1) is 17.2 Å². The van der Waals surface area contributed by atoms with Gasteiger partial charge >= 0.3 is 5.97 Å². The number of nitriles is 1. The zero-order valence-electron chi connectivity index (χ0n) is 18.6. The minimum atomic E-state index is -0.386. The third-order valence-corrected chi connectivity index (χ3v) is 5.64. The number of esters is 1. The van der Waals surface area contributed by atoms with Crippen molar-refractivity contribution in [2.24, 2.45) is 0 Å². The fourth-order valence-corrected chi connectivity index (χ4v) is 3.66. The van der Waals surface area contributed by atoms with Gasteiger partial charge in [0.1, 0.15) is 5.75 Å². The second kappa shape index (κ2) is 10.4. The van der Waals surface area contributed by atoms with Crippen LogP contribution < -0.4 is 4.74 Å². The Kier molecular flexibility index (Phi) is 6.97. The summed E-state index contributed by atoms with van der Waals surface area (Å²) in [7, 11) is 0. The van der Waals surface area contributed by atoms with E-state index in [2.05, 4.69) is 37.3 Å². The maximum absolute atomic E-state index is 12.6. The summed E-state index contributed by atoms with van der Waals surface area (Å²) >= 11 is 0. The molecule has 0 saturated carbocycles. The number of nitrogens with zero attached hydrogens (tertiary/aromatic N) is 1. The van der Waals surface area contributed by atoms with Crippen molar-refractivity contribution in [3.8, 4) is 34.1 Å². The van der Waals surface area contributed by atoms with E-state index in [-0.39, 0.29) is 5.97 Å². The van der Waals surface area contributed by atoms with Gasteiger partial charge in [-0.1, -0.05) is 74.0 Å². The normalized spacial score (nSPS) is 10.4. The zero-order chi connectivity index (χ0) is 23.0. The average molecular weight is 432 g/mol. The van der Waals surface area contributed by atoms with Crippen LogP contribution in [0, 0.1) is 11.3 Å². The Morgan fingerprint density at radius 3 is 1.73 bits per heavy atom. The number of ether oxygens (including phenoxy) is 1. The molecule has 0 N–H and O–H groups in total.